The van der Waals surface area contributed by atoms with E-state index in [9.17, 15) is 22.8 Å². The van der Waals surface area contributed by atoms with Gasteiger partial charge in [0.2, 0.25) is 0 Å². The number of amides is 2. The molecule has 0 bridgehead atoms. The number of carbonyl (C=O) groups is 2. The molecule has 0 aliphatic heterocycles. The van der Waals surface area contributed by atoms with Crippen LogP contribution in [0.5, 0.6) is 5.75 Å². The van der Waals surface area contributed by atoms with E-state index in [-0.39, 0.29) is 17.9 Å². The second-order valence-corrected chi connectivity index (χ2v) is 4.79. The van der Waals surface area contributed by atoms with Gasteiger partial charge in [-0.05, 0) is 35.9 Å². The zero-order chi connectivity index (χ0) is 17.7. The average molecular weight is 338 g/mol. The largest absolute Gasteiger partial charge is 0.423 e. The van der Waals surface area contributed by atoms with E-state index in [2.05, 4.69) is 5.32 Å². The topological polar surface area (TPSA) is 81.4 Å². The van der Waals surface area contributed by atoms with Gasteiger partial charge in [-0.25, -0.2) is 9.59 Å². The van der Waals surface area contributed by atoms with Gasteiger partial charge in [0, 0.05) is 6.54 Å². The molecule has 0 unspecified atom stereocenters. The Labute approximate surface area is 135 Å². The lowest BCUT2D eigenvalue weighted by Gasteiger charge is -2.10. The maximum atomic E-state index is 12.5. The smallest absolute Gasteiger partial charge is 0.416 e. The third kappa shape index (κ3) is 4.48. The zero-order valence-corrected chi connectivity index (χ0v) is 12.3. The Morgan fingerprint density at radius 2 is 1.67 bits per heavy atom. The number of ether oxygens (including phenoxy) is 1. The normalized spacial score (nSPS) is 11.0. The number of hydrogen-bond acceptors (Lipinski definition) is 3. The molecule has 126 valence electrons. The van der Waals surface area contributed by atoms with Crippen LogP contribution in [-0.2, 0) is 12.7 Å². The molecule has 8 heteroatoms. The fourth-order valence-electron chi connectivity index (χ4n) is 1.93. The van der Waals surface area contributed by atoms with Crippen LogP contribution < -0.4 is 15.8 Å². The van der Waals surface area contributed by atoms with Crippen molar-refractivity contribution < 1.29 is 27.5 Å². The van der Waals surface area contributed by atoms with Crippen molar-refractivity contribution in [1.82, 2.24) is 5.32 Å². The number of benzene rings is 2. The van der Waals surface area contributed by atoms with Crippen LogP contribution in [0, 0.1) is 0 Å². The summed E-state index contributed by atoms with van der Waals surface area (Å²) in [5, 5.41) is 2.35. The molecule has 0 fully saturated rings. The van der Waals surface area contributed by atoms with Gasteiger partial charge in [-0.2, -0.15) is 13.2 Å². The zero-order valence-electron chi connectivity index (χ0n) is 12.3. The Bertz CT molecular complexity index is 743. The van der Waals surface area contributed by atoms with Crippen molar-refractivity contribution in [2.75, 3.05) is 0 Å². The third-order valence-electron chi connectivity index (χ3n) is 3.08. The lowest BCUT2D eigenvalue weighted by Crippen LogP contribution is -2.29. The van der Waals surface area contributed by atoms with E-state index in [4.69, 9.17) is 10.5 Å². The fourth-order valence-corrected chi connectivity index (χ4v) is 1.93. The number of primary amides is 1. The molecule has 0 radical (unpaired) electrons. The minimum absolute atomic E-state index is 0.0214. The summed E-state index contributed by atoms with van der Waals surface area (Å²) >= 11 is 0. The maximum absolute atomic E-state index is 12.5. The highest BCUT2D eigenvalue weighted by molar-refractivity contribution is 5.92. The number of carbonyl (C=O) groups excluding carboxylic acids is 2. The van der Waals surface area contributed by atoms with E-state index < -0.39 is 23.7 Å². The van der Waals surface area contributed by atoms with Crippen molar-refractivity contribution in [2.24, 2.45) is 5.73 Å². The fraction of sp³-hybridized carbons (Fsp3) is 0.125. The van der Waals surface area contributed by atoms with Crippen LogP contribution >= 0.6 is 0 Å². The van der Waals surface area contributed by atoms with Crippen molar-refractivity contribution in [3.8, 4) is 5.75 Å². The SMILES string of the molecule is NC(=O)NCc1ccccc1C(=O)Oc1ccc(C(F)(F)F)cc1. The van der Waals surface area contributed by atoms with E-state index >= 15 is 0 Å². The molecular weight excluding hydrogens is 325 g/mol. The molecule has 2 aromatic rings. The molecule has 0 aromatic heterocycles. The van der Waals surface area contributed by atoms with Gasteiger partial charge in [0.1, 0.15) is 5.75 Å². The highest BCUT2D eigenvalue weighted by Crippen LogP contribution is 2.30. The molecular formula is C16H13F3N2O3. The van der Waals surface area contributed by atoms with E-state index in [1.165, 1.54) is 6.07 Å². The van der Waals surface area contributed by atoms with Gasteiger partial charge in [0.05, 0.1) is 11.1 Å². The number of halogens is 3. The second-order valence-electron chi connectivity index (χ2n) is 4.79. The summed E-state index contributed by atoms with van der Waals surface area (Å²) in [4.78, 5) is 22.9. The Kier molecular flexibility index (Phi) is 5.08. The van der Waals surface area contributed by atoms with Crippen LogP contribution in [-0.4, -0.2) is 12.0 Å². The molecule has 0 spiro atoms. The molecule has 2 amide bonds. The van der Waals surface area contributed by atoms with Crippen LogP contribution in [0.4, 0.5) is 18.0 Å². The molecule has 0 aliphatic carbocycles. The minimum Gasteiger partial charge on any atom is -0.423 e. The first-order valence-corrected chi connectivity index (χ1v) is 6.78. The molecule has 5 nitrogen and oxygen atoms in total. The highest BCUT2D eigenvalue weighted by atomic mass is 19.4. The summed E-state index contributed by atoms with van der Waals surface area (Å²) in [5.41, 5.74) is 4.78. The summed E-state index contributed by atoms with van der Waals surface area (Å²) in [6, 6.07) is 9.34. The van der Waals surface area contributed by atoms with Crippen LogP contribution in [0.1, 0.15) is 21.5 Å². The Hall–Kier alpha value is -3.03. The Morgan fingerprint density at radius 3 is 2.25 bits per heavy atom. The van der Waals surface area contributed by atoms with Gasteiger partial charge < -0.3 is 15.8 Å². The second kappa shape index (κ2) is 7.03. The maximum Gasteiger partial charge on any atom is 0.416 e. The van der Waals surface area contributed by atoms with Gasteiger partial charge in [-0.15, -0.1) is 0 Å². The summed E-state index contributed by atoms with van der Waals surface area (Å²) in [5.74, 6) is -0.776. The molecule has 24 heavy (non-hydrogen) atoms. The summed E-state index contributed by atoms with van der Waals surface area (Å²) in [6.45, 7) is 0.0214. The summed E-state index contributed by atoms with van der Waals surface area (Å²) in [7, 11) is 0. The van der Waals surface area contributed by atoms with Crippen molar-refractivity contribution in [1.29, 1.82) is 0 Å². The summed E-state index contributed by atoms with van der Waals surface area (Å²) in [6.07, 6.45) is -4.46. The Balaban J connectivity index is 2.14. The van der Waals surface area contributed by atoms with Crippen molar-refractivity contribution >= 4 is 12.0 Å². The molecule has 2 rings (SSSR count). The van der Waals surface area contributed by atoms with Gasteiger partial charge in [-0.1, -0.05) is 18.2 Å². The van der Waals surface area contributed by atoms with Crippen molar-refractivity contribution in [2.45, 2.75) is 12.7 Å². The molecule has 0 heterocycles. The summed E-state index contributed by atoms with van der Waals surface area (Å²) < 4.78 is 42.6. The number of alkyl halides is 3. The van der Waals surface area contributed by atoms with Crippen LogP contribution in [0.2, 0.25) is 0 Å². The van der Waals surface area contributed by atoms with Crippen LogP contribution in [0.3, 0.4) is 0 Å². The van der Waals surface area contributed by atoms with E-state index in [0.717, 1.165) is 24.3 Å². The minimum atomic E-state index is -4.46. The lowest BCUT2D eigenvalue weighted by atomic mass is 10.1. The van der Waals surface area contributed by atoms with Crippen LogP contribution in [0.25, 0.3) is 0 Å². The number of urea groups is 1. The first kappa shape index (κ1) is 17.3. The number of nitrogens with one attached hydrogen (secondary N) is 1. The molecule has 0 saturated heterocycles. The predicted molar refractivity (Wildman–Crippen MR) is 79.3 cm³/mol. The highest BCUT2D eigenvalue weighted by Gasteiger charge is 2.30. The van der Waals surface area contributed by atoms with Crippen LogP contribution in [0.15, 0.2) is 48.5 Å². The molecule has 0 saturated carbocycles. The van der Waals surface area contributed by atoms with E-state index in [1.807, 2.05) is 0 Å². The van der Waals surface area contributed by atoms with E-state index in [1.54, 1.807) is 18.2 Å². The molecule has 3 N–H and O–H groups in total. The number of hydrogen-bond donors (Lipinski definition) is 2. The molecule has 2 aromatic carbocycles. The third-order valence-corrected chi connectivity index (χ3v) is 3.08. The van der Waals surface area contributed by atoms with Crippen molar-refractivity contribution in [3.63, 3.8) is 0 Å². The van der Waals surface area contributed by atoms with Gasteiger partial charge in [0.15, 0.2) is 0 Å². The quantitative estimate of drug-likeness (QED) is 0.664. The lowest BCUT2D eigenvalue weighted by molar-refractivity contribution is -0.137. The van der Waals surface area contributed by atoms with Gasteiger partial charge >= 0.3 is 18.2 Å². The van der Waals surface area contributed by atoms with Gasteiger partial charge in [-0.3, -0.25) is 0 Å². The number of rotatable bonds is 4. The van der Waals surface area contributed by atoms with Gasteiger partial charge in [0.25, 0.3) is 0 Å². The van der Waals surface area contributed by atoms with Crippen molar-refractivity contribution in [3.05, 3.63) is 65.2 Å². The first-order chi connectivity index (χ1) is 11.3. The Morgan fingerprint density at radius 1 is 1.04 bits per heavy atom. The number of esters is 1. The number of nitrogens with two attached hydrogens (primary N) is 1. The standard InChI is InChI=1S/C16H13F3N2O3/c17-16(18,19)11-5-7-12(8-6-11)24-14(22)13-4-2-1-3-10(13)9-21-15(20)23/h1-8H,9H2,(H3,20,21,23). The monoisotopic (exact) mass is 338 g/mol. The van der Waals surface area contributed by atoms with E-state index in [0.29, 0.717) is 5.56 Å². The molecule has 0 atom stereocenters. The molecule has 0 aliphatic rings. The average Bonchev–Trinajstić information content (AvgIpc) is 2.52. The first-order valence-electron chi connectivity index (χ1n) is 6.78. The predicted octanol–water partition coefficient (Wildman–Crippen LogP) is 3.09.